The highest BCUT2D eigenvalue weighted by Crippen LogP contribution is 2.39. The number of rotatable bonds is 6. The van der Waals surface area contributed by atoms with Crippen LogP contribution in [0.5, 0.6) is 0 Å². The van der Waals surface area contributed by atoms with Crippen LogP contribution in [-0.2, 0) is 13.2 Å². The minimum absolute atomic E-state index is 0.153. The number of benzene rings is 1. The molecule has 1 aliphatic carbocycles. The van der Waals surface area contributed by atoms with Crippen molar-refractivity contribution in [2.75, 3.05) is 5.32 Å². The Bertz CT molecular complexity index is 983. The fourth-order valence-electron chi connectivity index (χ4n) is 2.91. The van der Waals surface area contributed by atoms with Crippen molar-refractivity contribution in [3.63, 3.8) is 0 Å². The normalized spacial score (nSPS) is 13.4. The van der Waals surface area contributed by atoms with Crippen molar-refractivity contribution in [2.45, 2.75) is 31.9 Å². The number of hydrogen-bond donors (Lipinski definition) is 3. The summed E-state index contributed by atoms with van der Waals surface area (Å²) in [7, 11) is 0. The van der Waals surface area contributed by atoms with Gasteiger partial charge in [0.1, 0.15) is 5.82 Å². The van der Waals surface area contributed by atoms with Gasteiger partial charge in [-0.3, -0.25) is 4.98 Å². The summed E-state index contributed by atoms with van der Waals surface area (Å²) < 4.78 is 15.3. The first kappa shape index (κ1) is 18.1. The maximum absolute atomic E-state index is 13.6. The molecule has 3 aromatic rings. The number of halogens is 1. The number of aliphatic hydroxyl groups is 1. The van der Waals surface area contributed by atoms with Crippen molar-refractivity contribution in [2.24, 2.45) is 0 Å². The zero-order valence-corrected chi connectivity index (χ0v) is 15.1. The minimum Gasteiger partial charge on any atom is -0.390 e. The van der Waals surface area contributed by atoms with Gasteiger partial charge in [-0.05, 0) is 49.2 Å². The maximum atomic E-state index is 13.6. The van der Waals surface area contributed by atoms with Gasteiger partial charge in [-0.15, -0.1) is 0 Å². The van der Waals surface area contributed by atoms with Gasteiger partial charge in [0, 0.05) is 5.92 Å². The maximum Gasteiger partial charge on any atom is 0.319 e. The van der Waals surface area contributed by atoms with Crippen LogP contribution in [0.4, 0.5) is 14.9 Å². The molecule has 0 bridgehead atoms. The fourth-order valence-corrected chi connectivity index (χ4v) is 2.91. The van der Waals surface area contributed by atoms with Gasteiger partial charge in [0.15, 0.2) is 0 Å². The summed E-state index contributed by atoms with van der Waals surface area (Å²) in [5, 5.41) is 19.1. The van der Waals surface area contributed by atoms with Crippen molar-refractivity contribution >= 4 is 11.7 Å². The summed E-state index contributed by atoms with van der Waals surface area (Å²) in [6, 6.07) is 11.1. The van der Waals surface area contributed by atoms with Gasteiger partial charge in [0.25, 0.3) is 0 Å². The number of urea groups is 1. The third-order valence-corrected chi connectivity index (χ3v) is 4.53. The van der Waals surface area contributed by atoms with E-state index in [1.165, 1.54) is 18.3 Å². The average Bonchev–Trinajstić information content (AvgIpc) is 3.46. The second-order valence-electron chi connectivity index (χ2n) is 6.73. The van der Waals surface area contributed by atoms with Gasteiger partial charge < -0.3 is 15.7 Å². The highest BCUT2D eigenvalue weighted by atomic mass is 19.1. The minimum atomic E-state index is -0.390. The molecule has 28 heavy (non-hydrogen) atoms. The summed E-state index contributed by atoms with van der Waals surface area (Å²) >= 11 is 0. The van der Waals surface area contributed by atoms with Crippen LogP contribution in [0.2, 0.25) is 0 Å². The van der Waals surface area contributed by atoms with E-state index in [1.807, 2.05) is 6.07 Å². The molecule has 144 valence electrons. The van der Waals surface area contributed by atoms with E-state index in [0.29, 0.717) is 23.0 Å². The molecule has 2 amide bonds. The molecule has 3 N–H and O–H groups in total. The van der Waals surface area contributed by atoms with Gasteiger partial charge in [-0.25, -0.2) is 13.9 Å². The quantitative estimate of drug-likeness (QED) is 0.612. The lowest BCUT2D eigenvalue weighted by molar-refractivity contribution is 0.251. The van der Waals surface area contributed by atoms with Crippen LogP contribution in [0.3, 0.4) is 0 Å². The average molecular weight is 381 g/mol. The van der Waals surface area contributed by atoms with Crippen molar-refractivity contribution < 1.29 is 14.3 Å². The third-order valence-electron chi connectivity index (χ3n) is 4.53. The number of carbonyl (C=O) groups excluding carboxylic acids is 1. The van der Waals surface area contributed by atoms with Crippen LogP contribution in [-0.4, -0.2) is 25.9 Å². The number of hydrogen-bond acceptors (Lipinski definition) is 4. The fraction of sp³-hybridized carbons (Fsp3) is 0.250. The Hall–Kier alpha value is -3.26. The molecule has 0 spiro atoms. The van der Waals surface area contributed by atoms with E-state index in [1.54, 1.807) is 28.9 Å². The van der Waals surface area contributed by atoms with Gasteiger partial charge in [0.05, 0.1) is 47.8 Å². The highest BCUT2D eigenvalue weighted by Gasteiger charge is 2.27. The zero-order valence-electron chi connectivity index (χ0n) is 15.1. The van der Waals surface area contributed by atoms with E-state index in [2.05, 4.69) is 20.7 Å². The van der Waals surface area contributed by atoms with Crippen LogP contribution in [0.15, 0.2) is 48.7 Å². The molecule has 0 saturated heterocycles. The second kappa shape index (κ2) is 7.77. The Balaban J connectivity index is 1.46. The molecule has 0 radical (unpaired) electrons. The third kappa shape index (κ3) is 4.17. The van der Waals surface area contributed by atoms with E-state index in [9.17, 15) is 9.18 Å². The van der Waals surface area contributed by atoms with E-state index >= 15 is 0 Å². The first-order valence-electron chi connectivity index (χ1n) is 9.08. The molecular weight excluding hydrogens is 361 g/mol. The zero-order chi connectivity index (χ0) is 19.5. The predicted octanol–water partition coefficient (Wildman–Crippen LogP) is 3.10. The molecule has 2 aromatic heterocycles. The molecule has 1 saturated carbocycles. The van der Waals surface area contributed by atoms with Crippen molar-refractivity contribution in [3.05, 3.63) is 71.6 Å². The van der Waals surface area contributed by atoms with Crippen molar-refractivity contribution in [3.8, 4) is 5.69 Å². The second-order valence-corrected chi connectivity index (χ2v) is 6.73. The van der Waals surface area contributed by atoms with Gasteiger partial charge in [-0.2, -0.15) is 5.10 Å². The summed E-state index contributed by atoms with van der Waals surface area (Å²) in [4.78, 5) is 16.2. The van der Waals surface area contributed by atoms with E-state index in [4.69, 9.17) is 5.11 Å². The molecular formula is C20H20FN5O2. The number of anilines is 1. The summed E-state index contributed by atoms with van der Waals surface area (Å²) in [5.41, 5.74) is 3.40. The Morgan fingerprint density at radius 2 is 2.11 bits per heavy atom. The van der Waals surface area contributed by atoms with Crippen LogP contribution in [0.25, 0.3) is 5.69 Å². The Morgan fingerprint density at radius 1 is 1.25 bits per heavy atom. The topological polar surface area (TPSA) is 92.1 Å². The molecule has 1 fully saturated rings. The number of carbonyl (C=O) groups is 1. The predicted molar refractivity (Wildman–Crippen MR) is 102 cm³/mol. The molecule has 4 rings (SSSR count). The first-order valence-corrected chi connectivity index (χ1v) is 9.08. The molecule has 0 unspecified atom stereocenters. The Kier molecular flexibility index (Phi) is 5.03. The van der Waals surface area contributed by atoms with E-state index in [0.717, 1.165) is 24.2 Å². The number of nitrogens with one attached hydrogen (secondary N) is 2. The first-order chi connectivity index (χ1) is 13.6. The largest absolute Gasteiger partial charge is 0.390 e. The summed E-state index contributed by atoms with van der Waals surface area (Å²) in [6.07, 6.45) is 3.68. The SMILES string of the molecule is O=C(NCc1cc(C2CC2)nn1-c1cccc(F)c1)Nc1ccc(CO)nc1. The lowest BCUT2D eigenvalue weighted by atomic mass is 10.2. The highest BCUT2D eigenvalue weighted by molar-refractivity contribution is 5.88. The molecule has 8 heteroatoms. The monoisotopic (exact) mass is 381 g/mol. The van der Waals surface area contributed by atoms with Crippen LogP contribution < -0.4 is 10.6 Å². The summed E-state index contributed by atoms with van der Waals surface area (Å²) in [5.74, 6) is 0.106. The molecule has 2 heterocycles. The number of nitrogens with zero attached hydrogens (tertiary/aromatic N) is 3. The van der Waals surface area contributed by atoms with Gasteiger partial charge in [-0.1, -0.05) is 6.07 Å². The number of aliphatic hydroxyl groups excluding tert-OH is 1. The molecule has 1 aromatic carbocycles. The molecule has 0 atom stereocenters. The summed E-state index contributed by atoms with van der Waals surface area (Å²) in [6.45, 7) is 0.0874. The lowest BCUT2D eigenvalue weighted by Crippen LogP contribution is -2.29. The van der Waals surface area contributed by atoms with Crippen LogP contribution in [0.1, 0.15) is 35.8 Å². The van der Waals surface area contributed by atoms with E-state index in [-0.39, 0.29) is 19.0 Å². The lowest BCUT2D eigenvalue weighted by Gasteiger charge is -2.10. The Labute approximate surface area is 161 Å². The smallest absolute Gasteiger partial charge is 0.319 e. The molecule has 0 aliphatic heterocycles. The van der Waals surface area contributed by atoms with Crippen LogP contribution in [0, 0.1) is 5.82 Å². The van der Waals surface area contributed by atoms with Crippen molar-refractivity contribution in [1.29, 1.82) is 0 Å². The van der Waals surface area contributed by atoms with Gasteiger partial charge >= 0.3 is 6.03 Å². The number of amides is 2. The van der Waals surface area contributed by atoms with Gasteiger partial charge in [0.2, 0.25) is 0 Å². The molecule has 7 nitrogen and oxygen atoms in total. The standard InChI is InChI=1S/C20H20FN5O2/c21-14-2-1-3-17(8-14)26-18(9-19(25-26)13-4-5-13)11-23-20(28)24-15-6-7-16(12-27)22-10-15/h1-3,6-10,13,27H,4-5,11-12H2,(H2,23,24,28). The Morgan fingerprint density at radius 3 is 2.79 bits per heavy atom. The number of pyridine rings is 1. The van der Waals surface area contributed by atoms with E-state index < -0.39 is 6.03 Å². The molecule has 1 aliphatic rings. The van der Waals surface area contributed by atoms with Crippen LogP contribution >= 0.6 is 0 Å². The van der Waals surface area contributed by atoms with Crippen molar-refractivity contribution in [1.82, 2.24) is 20.1 Å². The number of aromatic nitrogens is 3.